The van der Waals surface area contributed by atoms with Crippen molar-refractivity contribution in [2.45, 2.75) is 32.1 Å². The summed E-state index contributed by atoms with van der Waals surface area (Å²) in [5.41, 5.74) is 2.91. The van der Waals surface area contributed by atoms with E-state index in [1.54, 1.807) is 0 Å². The van der Waals surface area contributed by atoms with E-state index in [0.717, 1.165) is 29.2 Å². The predicted molar refractivity (Wildman–Crippen MR) is 64.6 cm³/mol. The Bertz CT molecular complexity index is 421. The van der Waals surface area contributed by atoms with Crippen LogP contribution in [-0.2, 0) is 0 Å². The van der Waals surface area contributed by atoms with Gasteiger partial charge in [0.25, 0.3) is 0 Å². The summed E-state index contributed by atoms with van der Waals surface area (Å²) in [5, 5.41) is 9.14. The van der Waals surface area contributed by atoms with Gasteiger partial charge >= 0.3 is 0 Å². The maximum absolute atomic E-state index is 9.14. The highest BCUT2D eigenvalue weighted by molar-refractivity contribution is 5.57. The van der Waals surface area contributed by atoms with E-state index in [0.29, 0.717) is 0 Å². The van der Waals surface area contributed by atoms with Gasteiger partial charge in [-0.05, 0) is 36.5 Å². The van der Waals surface area contributed by atoms with Crippen LogP contribution in [0.25, 0.3) is 5.57 Å². The first-order chi connectivity index (χ1) is 7.70. The number of hydrogen-bond acceptors (Lipinski definition) is 2. The van der Waals surface area contributed by atoms with Crippen molar-refractivity contribution in [1.29, 1.82) is 5.26 Å². The number of nitrogens with zero attached hydrogens (tertiary/aromatic N) is 2. The number of aromatic nitrogens is 1. The molecule has 0 N–H and O–H groups in total. The third-order valence-electron chi connectivity index (χ3n) is 3.05. The molecule has 2 nitrogen and oxygen atoms in total. The van der Waals surface area contributed by atoms with Crippen LogP contribution < -0.4 is 0 Å². The zero-order valence-electron chi connectivity index (χ0n) is 9.61. The summed E-state index contributed by atoms with van der Waals surface area (Å²) >= 11 is 0. The lowest BCUT2D eigenvalue weighted by Crippen LogP contribution is -1.98. The Morgan fingerprint density at radius 2 is 2.38 bits per heavy atom. The lowest BCUT2D eigenvalue weighted by Gasteiger charge is -2.08. The molecule has 1 fully saturated rings. The third-order valence-corrected chi connectivity index (χ3v) is 3.05. The first kappa shape index (κ1) is 10.9. The van der Waals surface area contributed by atoms with Crippen LogP contribution in [-0.4, -0.2) is 4.98 Å². The molecule has 0 saturated heterocycles. The molecule has 1 unspecified atom stereocenters. The Labute approximate surface area is 96.6 Å². The second-order valence-electron chi connectivity index (χ2n) is 4.62. The van der Waals surface area contributed by atoms with Crippen LogP contribution in [0.5, 0.6) is 0 Å². The van der Waals surface area contributed by atoms with Crippen LogP contribution >= 0.6 is 0 Å². The highest BCUT2D eigenvalue weighted by Crippen LogP contribution is 2.38. The molecular formula is C14H16N2. The molecule has 16 heavy (non-hydrogen) atoms. The predicted octanol–water partition coefficient (Wildman–Crippen LogP) is 3.52. The van der Waals surface area contributed by atoms with Gasteiger partial charge in [0.2, 0.25) is 0 Å². The largest absolute Gasteiger partial charge is 0.256 e. The normalized spacial score (nSPS) is 16.5. The van der Waals surface area contributed by atoms with Crippen molar-refractivity contribution in [3.8, 4) is 6.07 Å². The van der Waals surface area contributed by atoms with Crippen LogP contribution in [0.2, 0.25) is 0 Å². The van der Waals surface area contributed by atoms with Gasteiger partial charge in [0, 0.05) is 6.20 Å². The van der Waals surface area contributed by atoms with Crippen LogP contribution in [0.4, 0.5) is 0 Å². The fourth-order valence-electron chi connectivity index (χ4n) is 1.81. The standard InChI is InChI=1S/C14H16N2/c1-10(2)14-6-5-12(9-16-14)13(8-15)7-11-3-4-11/h5-6,9,11,13H,1,3-4,7H2,2H3. The van der Waals surface area contributed by atoms with Gasteiger partial charge in [0.05, 0.1) is 17.7 Å². The number of rotatable bonds is 4. The van der Waals surface area contributed by atoms with E-state index in [2.05, 4.69) is 17.6 Å². The molecular weight excluding hydrogens is 196 g/mol. The quantitative estimate of drug-likeness (QED) is 0.765. The zero-order chi connectivity index (χ0) is 11.5. The minimum Gasteiger partial charge on any atom is -0.256 e. The average molecular weight is 212 g/mol. The van der Waals surface area contributed by atoms with Gasteiger partial charge in [0.1, 0.15) is 0 Å². The average Bonchev–Trinajstić information content (AvgIpc) is 3.10. The van der Waals surface area contributed by atoms with E-state index in [1.807, 2.05) is 25.3 Å². The minimum absolute atomic E-state index is 0.0131. The molecule has 2 rings (SSSR count). The number of nitriles is 1. The van der Waals surface area contributed by atoms with E-state index in [9.17, 15) is 0 Å². The van der Waals surface area contributed by atoms with E-state index < -0.39 is 0 Å². The Kier molecular flexibility index (Phi) is 3.05. The van der Waals surface area contributed by atoms with Crippen LogP contribution in [0.15, 0.2) is 24.9 Å². The van der Waals surface area contributed by atoms with Crippen molar-refractivity contribution < 1.29 is 0 Å². The summed E-state index contributed by atoms with van der Waals surface area (Å²) in [5.74, 6) is 0.782. The molecule has 0 spiro atoms. The molecule has 0 aromatic carbocycles. The highest BCUT2D eigenvalue weighted by atomic mass is 14.7. The second-order valence-corrected chi connectivity index (χ2v) is 4.62. The zero-order valence-corrected chi connectivity index (χ0v) is 9.61. The number of pyridine rings is 1. The van der Waals surface area contributed by atoms with Gasteiger partial charge in [-0.2, -0.15) is 5.26 Å². The molecule has 0 amide bonds. The highest BCUT2D eigenvalue weighted by Gasteiger charge is 2.26. The lowest BCUT2D eigenvalue weighted by atomic mass is 9.96. The van der Waals surface area contributed by atoms with Crippen molar-refractivity contribution in [1.82, 2.24) is 4.98 Å². The van der Waals surface area contributed by atoms with E-state index in [1.165, 1.54) is 12.8 Å². The molecule has 1 saturated carbocycles. The topological polar surface area (TPSA) is 36.7 Å². The van der Waals surface area contributed by atoms with Crippen LogP contribution in [0.3, 0.4) is 0 Å². The van der Waals surface area contributed by atoms with Crippen molar-refractivity contribution in [3.05, 3.63) is 36.2 Å². The molecule has 1 atom stereocenters. The summed E-state index contributed by atoms with van der Waals surface area (Å²) in [7, 11) is 0. The van der Waals surface area contributed by atoms with E-state index >= 15 is 0 Å². The molecule has 2 heteroatoms. The van der Waals surface area contributed by atoms with Gasteiger partial charge < -0.3 is 0 Å². The SMILES string of the molecule is C=C(C)c1ccc(C(C#N)CC2CC2)cn1. The van der Waals surface area contributed by atoms with Crippen molar-refractivity contribution in [3.63, 3.8) is 0 Å². The Morgan fingerprint density at radius 3 is 2.81 bits per heavy atom. The van der Waals surface area contributed by atoms with E-state index in [-0.39, 0.29) is 5.92 Å². The van der Waals surface area contributed by atoms with Gasteiger partial charge in [-0.15, -0.1) is 0 Å². The lowest BCUT2D eigenvalue weighted by molar-refractivity contribution is 0.669. The maximum Gasteiger partial charge on any atom is 0.0730 e. The van der Waals surface area contributed by atoms with Gasteiger partial charge in [-0.3, -0.25) is 4.98 Å². The third kappa shape index (κ3) is 2.49. The van der Waals surface area contributed by atoms with Crippen molar-refractivity contribution >= 4 is 5.57 Å². The van der Waals surface area contributed by atoms with Crippen molar-refractivity contribution in [2.24, 2.45) is 5.92 Å². The summed E-state index contributed by atoms with van der Waals surface area (Å²) in [6.45, 7) is 5.79. The van der Waals surface area contributed by atoms with Gasteiger partial charge in [-0.1, -0.05) is 25.5 Å². The Hall–Kier alpha value is -1.62. The molecule has 0 radical (unpaired) electrons. The maximum atomic E-state index is 9.14. The van der Waals surface area contributed by atoms with Gasteiger partial charge in [0.15, 0.2) is 0 Å². The van der Waals surface area contributed by atoms with Crippen molar-refractivity contribution in [2.75, 3.05) is 0 Å². The Morgan fingerprint density at radius 1 is 1.62 bits per heavy atom. The fourth-order valence-corrected chi connectivity index (χ4v) is 1.81. The molecule has 1 aromatic heterocycles. The first-order valence-corrected chi connectivity index (χ1v) is 5.72. The smallest absolute Gasteiger partial charge is 0.0730 e. The molecule has 1 aliphatic carbocycles. The second kappa shape index (κ2) is 4.49. The number of hydrogen-bond donors (Lipinski definition) is 0. The monoisotopic (exact) mass is 212 g/mol. The van der Waals surface area contributed by atoms with E-state index in [4.69, 9.17) is 5.26 Å². The molecule has 0 aliphatic heterocycles. The molecule has 1 aliphatic rings. The molecule has 1 heterocycles. The molecule has 0 bridgehead atoms. The van der Waals surface area contributed by atoms with Crippen LogP contribution in [0.1, 0.15) is 43.4 Å². The summed E-state index contributed by atoms with van der Waals surface area (Å²) in [6, 6.07) is 6.34. The first-order valence-electron chi connectivity index (χ1n) is 5.72. The number of allylic oxidation sites excluding steroid dienone is 1. The summed E-state index contributed by atoms with van der Waals surface area (Å²) < 4.78 is 0. The minimum atomic E-state index is 0.0131. The van der Waals surface area contributed by atoms with Crippen LogP contribution in [0, 0.1) is 17.2 Å². The fraction of sp³-hybridized carbons (Fsp3) is 0.429. The van der Waals surface area contributed by atoms with Gasteiger partial charge in [-0.25, -0.2) is 0 Å². The Balaban J connectivity index is 2.12. The molecule has 1 aromatic rings. The summed E-state index contributed by atoms with van der Waals surface area (Å²) in [6.07, 6.45) is 5.38. The summed E-state index contributed by atoms with van der Waals surface area (Å²) in [4.78, 5) is 4.32. The molecule has 82 valence electrons.